The molecule has 88 valence electrons. The van der Waals surface area contributed by atoms with Gasteiger partial charge in [-0.25, -0.2) is 13.2 Å². The molecule has 1 aliphatic carbocycles. The second-order valence-corrected chi connectivity index (χ2v) is 5.04. The summed E-state index contributed by atoms with van der Waals surface area (Å²) < 4.78 is 40.0. The van der Waals surface area contributed by atoms with Gasteiger partial charge in [-0.3, -0.25) is 0 Å². The molecular formula is C11H11BrF3N. The Balaban J connectivity index is 2.57. The quantitative estimate of drug-likeness (QED) is 0.657. The van der Waals surface area contributed by atoms with Crippen molar-refractivity contribution in [2.24, 2.45) is 5.73 Å². The van der Waals surface area contributed by atoms with E-state index in [1.54, 1.807) is 0 Å². The monoisotopic (exact) mass is 293 g/mol. The van der Waals surface area contributed by atoms with E-state index in [0.717, 1.165) is 19.3 Å². The fourth-order valence-electron chi connectivity index (χ4n) is 2.15. The van der Waals surface area contributed by atoms with Crippen molar-refractivity contribution in [2.75, 3.05) is 6.54 Å². The van der Waals surface area contributed by atoms with Gasteiger partial charge in [0.15, 0.2) is 17.5 Å². The van der Waals surface area contributed by atoms with Crippen molar-refractivity contribution >= 4 is 15.9 Å². The lowest BCUT2D eigenvalue weighted by Crippen LogP contribution is -2.42. The maximum Gasteiger partial charge on any atom is 0.195 e. The zero-order valence-electron chi connectivity index (χ0n) is 8.49. The van der Waals surface area contributed by atoms with E-state index in [-0.39, 0.29) is 16.6 Å². The van der Waals surface area contributed by atoms with Crippen LogP contribution in [0.2, 0.25) is 0 Å². The molecule has 0 radical (unpaired) electrons. The van der Waals surface area contributed by atoms with Crippen molar-refractivity contribution in [1.29, 1.82) is 0 Å². The van der Waals surface area contributed by atoms with Gasteiger partial charge in [0.2, 0.25) is 0 Å². The highest BCUT2D eigenvalue weighted by Gasteiger charge is 2.41. The van der Waals surface area contributed by atoms with E-state index in [2.05, 4.69) is 15.9 Å². The molecule has 0 atom stereocenters. The Kier molecular flexibility index (Phi) is 3.01. The lowest BCUT2D eigenvalue weighted by molar-refractivity contribution is 0.240. The summed E-state index contributed by atoms with van der Waals surface area (Å²) >= 11 is 2.88. The highest BCUT2D eigenvalue weighted by molar-refractivity contribution is 9.10. The average molecular weight is 294 g/mol. The molecular weight excluding hydrogens is 283 g/mol. The zero-order chi connectivity index (χ0) is 11.9. The van der Waals surface area contributed by atoms with Gasteiger partial charge in [-0.2, -0.15) is 0 Å². The van der Waals surface area contributed by atoms with Crippen LogP contribution in [0.1, 0.15) is 24.8 Å². The van der Waals surface area contributed by atoms with E-state index in [1.165, 1.54) is 6.07 Å². The molecule has 1 aliphatic rings. The second kappa shape index (κ2) is 4.04. The summed E-state index contributed by atoms with van der Waals surface area (Å²) in [7, 11) is 0. The summed E-state index contributed by atoms with van der Waals surface area (Å²) in [6.07, 6.45) is 2.38. The van der Waals surface area contributed by atoms with Gasteiger partial charge in [0.1, 0.15) is 0 Å². The third-order valence-corrected chi connectivity index (χ3v) is 3.95. The molecule has 2 rings (SSSR count). The minimum atomic E-state index is -1.43. The lowest BCUT2D eigenvalue weighted by Gasteiger charge is -2.41. The van der Waals surface area contributed by atoms with Gasteiger partial charge in [0.25, 0.3) is 0 Å². The van der Waals surface area contributed by atoms with E-state index < -0.39 is 22.9 Å². The van der Waals surface area contributed by atoms with Crippen LogP contribution in [-0.4, -0.2) is 6.54 Å². The number of hydrogen-bond donors (Lipinski definition) is 1. The van der Waals surface area contributed by atoms with Crippen LogP contribution < -0.4 is 5.73 Å². The number of nitrogens with two attached hydrogens (primary N) is 1. The molecule has 0 amide bonds. The minimum absolute atomic E-state index is 0.0545. The number of halogens is 4. The average Bonchev–Trinajstić information content (AvgIpc) is 2.21. The number of rotatable bonds is 2. The molecule has 0 unspecified atom stereocenters. The van der Waals surface area contributed by atoms with Gasteiger partial charge in [-0.15, -0.1) is 0 Å². The summed E-state index contributed by atoms with van der Waals surface area (Å²) in [5.41, 5.74) is 5.28. The molecule has 1 nitrogen and oxygen atoms in total. The van der Waals surface area contributed by atoms with Gasteiger partial charge in [0, 0.05) is 12.0 Å². The van der Waals surface area contributed by atoms with E-state index in [9.17, 15) is 13.2 Å². The van der Waals surface area contributed by atoms with E-state index >= 15 is 0 Å². The summed E-state index contributed by atoms with van der Waals surface area (Å²) in [6.45, 7) is 0.251. The van der Waals surface area contributed by atoms with E-state index in [0.29, 0.717) is 0 Å². The predicted octanol–water partition coefficient (Wildman–Crippen LogP) is 3.25. The van der Waals surface area contributed by atoms with E-state index in [4.69, 9.17) is 5.73 Å². The molecule has 16 heavy (non-hydrogen) atoms. The Morgan fingerprint density at radius 1 is 1.19 bits per heavy atom. The summed E-state index contributed by atoms with van der Waals surface area (Å²) in [5.74, 6) is -3.72. The Hall–Kier alpha value is -0.550. The molecule has 0 spiro atoms. The van der Waals surface area contributed by atoms with Crippen molar-refractivity contribution in [3.05, 3.63) is 33.6 Å². The molecule has 1 saturated carbocycles. The van der Waals surface area contributed by atoms with Gasteiger partial charge in [-0.05, 0) is 40.4 Å². The third kappa shape index (κ3) is 1.57. The van der Waals surface area contributed by atoms with Crippen LogP contribution in [0.15, 0.2) is 10.5 Å². The first kappa shape index (κ1) is 11.9. The molecule has 5 heteroatoms. The maximum atomic E-state index is 13.7. The Morgan fingerprint density at radius 3 is 2.25 bits per heavy atom. The van der Waals surface area contributed by atoms with Crippen molar-refractivity contribution in [3.8, 4) is 0 Å². The summed E-state index contributed by atoms with van der Waals surface area (Å²) in [5, 5.41) is 0. The lowest BCUT2D eigenvalue weighted by atomic mass is 9.64. The standard InChI is InChI=1S/C11H11BrF3N/c12-7-4-6(8(13)10(15)9(7)14)11(5-16)2-1-3-11/h4H,1-3,5,16H2. The number of benzene rings is 1. The first-order valence-corrected chi connectivity index (χ1v) is 5.85. The van der Waals surface area contributed by atoms with Crippen molar-refractivity contribution in [1.82, 2.24) is 0 Å². The van der Waals surface area contributed by atoms with Crippen LogP contribution in [0.25, 0.3) is 0 Å². The zero-order valence-corrected chi connectivity index (χ0v) is 10.1. The fraction of sp³-hybridized carbons (Fsp3) is 0.455. The van der Waals surface area contributed by atoms with Crippen molar-refractivity contribution < 1.29 is 13.2 Å². The van der Waals surface area contributed by atoms with Gasteiger partial charge in [0.05, 0.1) is 4.47 Å². The van der Waals surface area contributed by atoms with Crippen LogP contribution in [0.4, 0.5) is 13.2 Å². The van der Waals surface area contributed by atoms with Gasteiger partial charge in [-0.1, -0.05) is 6.42 Å². The first-order valence-electron chi connectivity index (χ1n) is 5.05. The summed E-state index contributed by atoms with van der Waals surface area (Å²) in [6, 6.07) is 1.31. The highest BCUT2D eigenvalue weighted by Crippen LogP contribution is 2.45. The highest BCUT2D eigenvalue weighted by atomic mass is 79.9. The molecule has 2 N–H and O–H groups in total. The van der Waals surface area contributed by atoms with Crippen LogP contribution in [0.5, 0.6) is 0 Å². The van der Waals surface area contributed by atoms with Gasteiger partial charge >= 0.3 is 0 Å². The van der Waals surface area contributed by atoms with Crippen LogP contribution in [0, 0.1) is 17.5 Å². The fourth-order valence-corrected chi connectivity index (χ4v) is 2.55. The molecule has 1 aromatic carbocycles. The maximum absolute atomic E-state index is 13.7. The number of hydrogen-bond acceptors (Lipinski definition) is 1. The summed E-state index contributed by atoms with van der Waals surface area (Å²) in [4.78, 5) is 0. The first-order chi connectivity index (χ1) is 7.52. The van der Waals surface area contributed by atoms with Crippen molar-refractivity contribution in [2.45, 2.75) is 24.7 Å². The Labute approximate surface area is 100.0 Å². The molecule has 1 aromatic rings. The molecule has 0 aromatic heterocycles. The van der Waals surface area contributed by atoms with Crippen LogP contribution >= 0.6 is 15.9 Å². The van der Waals surface area contributed by atoms with Crippen LogP contribution in [0.3, 0.4) is 0 Å². The second-order valence-electron chi connectivity index (χ2n) is 4.19. The SMILES string of the molecule is NCC1(c2cc(Br)c(F)c(F)c2F)CCC1. The molecule has 0 heterocycles. The Morgan fingerprint density at radius 2 is 1.81 bits per heavy atom. The molecule has 0 aliphatic heterocycles. The predicted molar refractivity (Wildman–Crippen MR) is 58.6 cm³/mol. The largest absolute Gasteiger partial charge is 0.330 e. The molecule has 1 fully saturated rings. The normalized spacial score (nSPS) is 18.3. The topological polar surface area (TPSA) is 26.0 Å². The smallest absolute Gasteiger partial charge is 0.195 e. The van der Waals surface area contributed by atoms with Crippen LogP contribution in [-0.2, 0) is 5.41 Å². The van der Waals surface area contributed by atoms with E-state index in [1.807, 2.05) is 0 Å². The van der Waals surface area contributed by atoms with Gasteiger partial charge < -0.3 is 5.73 Å². The third-order valence-electron chi connectivity index (χ3n) is 3.38. The molecule has 0 bridgehead atoms. The van der Waals surface area contributed by atoms with Crippen molar-refractivity contribution in [3.63, 3.8) is 0 Å². The molecule has 0 saturated heterocycles. The minimum Gasteiger partial charge on any atom is -0.330 e. The Bertz CT molecular complexity index is 424.